The maximum Gasteiger partial charge on any atom is 0.269 e. The summed E-state index contributed by atoms with van der Waals surface area (Å²) in [4.78, 5) is 37.3. The van der Waals surface area contributed by atoms with E-state index in [4.69, 9.17) is 0 Å². The molecule has 0 spiro atoms. The number of non-ortho nitro benzene ring substituents is 1. The van der Waals surface area contributed by atoms with Crippen LogP contribution in [0.4, 0.5) is 17.2 Å². The SMILES string of the molecule is O=C(Nc1ccc([N+](=O)[O-])cc1)C1CCN(c2cc(-n3cncn3)ncn2)CC1. The van der Waals surface area contributed by atoms with Crippen molar-refractivity contribution in [1.82, 2.24) is 24.7 Å². The van der Waals surface area contributed by atoms with Gasteiger partial charge in [-0.25, -0.2) is 19.6 Å². The second kappa shape index (κ2) is 8.00. The van der Waals surface area contributed by atoms with Gasteiger partial charge in [0.15, 0.2) is 5.82 Å². The molecule has 11 heteroatoms. The lowest BCUT2D eigenvalue weighted by molar-refractivity contribution is -0.384. The Bertz CT molecular complexity index is 998. The van der Waals surface area contributed by atoms with Gasteiger partial charge in [0.05, 0.1) is 4.92 Å². The van der Waals surface area contributed by atoms with Gasteiger partial charge >= 0.3 is 0 Å². The molecule has 1 fully saturated rings. The van der Waals surface area contributed by atoms with E-state index in [1.807, 2.05) is 6.07 Å². The van der Waals surface area contributed by atoms with E-state index in [-0.39, 0.29) is 17.5 Å². The third kappa shape index (κ3) is 4.18. The molecule has 2 aromatic heterocycles. The number of rotatable bonds is 5. The van der Waals surface area contributed by atoms with Crippen LogP contribution in [0.5, 0.6) is 0 Å². The van der Waals surface area contributed by atoms with Gasteiger partial charge in [0.2, 0.25) is 5.91 Å². The van der Waals surface area contributed by atoms with Gasteiger partial charge in [-0.2, -0.15) is 5.10 Å². The molecule has 0 atom stereocenters. The molecule has 0 bridgehead atoms. The maximum atomic E-state index is 12.5. The van der Waals surface area contributed by atoms with Gasteiger partial charge in [-0.05, 0) is 25.0 Å². The number of nitro groups is 1. The minimum Gasteiger partial charge on any atom is -0.356 e. The van der Waals surface area contributed by atoms with Crippen molar-refractivity contribution in [1.29, 1.82) is 0 Å². The first-order valence-electron chi connectivity index (χ1n) is 9.07. The number of hydrogen-bond acceptors (Lipinski definition) is 8. The van der Waals surface area contributed by atoms with E-state index in [0.29, 0.717) is 37.4 Å². The fourth-order valence-electron chi connectivity index (χ4n) is 3.24. The minimum atomic E-state index is -0.469. The summed E-state index contributed by atoms with van der Waals surface area (Å²) in [6.07, 6.45) is 5.86. The number of aromatic nitrogens is 5. The Kier molecular flexibility index (Phi) is 5.10. The summed E-state index contributed by atoms with van der Waals surface area (Å²) in [5.41, 5.74) is 0.544. The molecule has 3 aromatic rings. The summed E-state index contributed by atoms with van der Waals surface area (Å²) >= 11 is 0. The highest BCUT2D eigenvalue weighted by Crippen LogP contribution is 2.24. The Balaban J connectivity index is 1.35. The summed E-state index contributed by atoms with van der Waals surface area (Å²) in [7, 11) is 0. The summed E-state index contributed by atoms with van der Waals surface area (Å²) in [6.45, 7) is 1.37. The predicted octanol–water partition coefficient (Wildman–Crippen LogP) is 1.82. The van der Waals surface area contributed by atoms with Gasteiger partial charge in [0.1, 0.15) is 24.8 Å². The number of nitrogens with zero attached hydrogens (tertiary/aromatic N) is 7. The molecule has 1 saturated heterocycles. The summed E-state index contributed by atoms with van der Waals surface area (Å²) in [5, 5.41) is 17.6. The van der Waals surface area contributed by atoms with Crippen molar-refractivity contribution in [2.75, 3.05) is 23.3 Å². The van der Waals surface area contributed by atoms with Crippen LogP contribution >= 0.6 is 0 Å². The summed E-state index contributed by atoms with van der Waals surface area (Å²) < 4.78 is 1.57. The van der Waals surface area contributed by atoms with Crippen LogP contribution in [-0.2, 0) is 4.79 Å². The smallest absolute Gasteiger partial charge is 0.269 e. The van der Waals surface area contributed by atoms with Crippen molar-refractivity contribution in [3.8, 4) is 5.82 Å². The van der Waals surface area contributed by atoms with Crippen molar-refractivity contribution in [2.24, 2.45) is 5.92 Å². The number of benzene rings is 1. The molecule has 1 amide bonds. The number of amides is 1. The lowest BCUT2D eigenvalue weighted by Gasteiger charge is -2.32. The first kappa shape index (κ1) is 18.5. The quantitative estimate of drug-likeness (QED) is 0.512. The highest BCUT2D eigenvalue weighted by atomic mass is 16.6. The average Bonchev–Trinajstić information content (AvgIpc) is 3.29. The third-order valence-electron chi connectivity index (χ3n) is 4.83. The molecule has 0 radical (unpaired) electrons. The lowest BCUT2D eigenvalue weighted by Crippen LogP contribution is -2.38. The van der Waals surface area contributed by atoms with Crippen LogP contribution < -0.4 is 10.2 Å². The van der Waals surface area contributed by atoms with E-state index in [9.17, 15) is 14.9 Å². The predicted molar refractivity (Wildman–Crippen MR) is 104 cm³/mol. The fourth-order valence-corrected chi connectivity index (χ4v) is 3.24. The number of carbonyl (C=O) groups excluding carboxylic acids is 1. The number of carbonyl (C=O) groups is 1. The first-order chi connectivity index (χ1) is 14.1. The third-order valence-corrected chi connectivity index (χ3v) is 4.83. The number of anilines is 2. The van der Waals surface area contributed by atoms with Gasteiger partial charge in [0.25, 0.3) is 5.69 Å². The second-order valence-electron chi connectivity index (χ2n) is 6.63. The van der Waals surface area contributed by atoms with Gasteiger partial charge in [0, 0.05) is 42.9 Å². The molecule has 1 aromatic carbocycles. The van der Waals surface area contributed by atoms with Crippen LogP contribution in [0.1, 0.15) is 12.8 Å². The van der Waals surface area contributed by atoms with Gasteiger partial charge in [-0.1, -0.05) is 0 Å². The van der Waals surface area contributed by atoms with Gasteiger partial charge < -0.3 is 10.2 Å². The van der Waals surface area contributed by atoms with Crippen LogP contribution in [0.3, 0.4) is 0 Å². The van der Waals surface area contributed by atoms with Gasteiger partial charge in [-0.3, -0.25) is 14.9 Å². The van der Waals surface area contributed by atoms with Crippen LogP contribution in [0.15, 0.2) is 49.3 Å². The van der Waals surface area contributed by atoms with E-state index in [1.54, 1.807) is 11.0 Å². The van der Waals surface area contributed by atoms with Crippen molar-refractivity contribution in [3.63, 3.8) is 0 Å². The van der Waals surface area contributed by atoms with Gasteiger partial charge in [-0.15, -0.1) is 0 Å². The molecule has 11 nitrogen and oxygen atoms in total. The molecule has 4 rings (SSSR count). The number of hydrogen-bond donors (Lipinski definition) is 1. The number of nitrogens with one attached hydrogen (secondary N) is 1. The fraction of sp³-hybridized carbons (Fsp3) is 0.278. The Morgan fingerprint density at radius 3 is 2.48 bits per heavy atom. The first-order valence-corrected chi connectivity index (χ1v) is 9.07. The summed E-state index contributed by atoms with van der Waals surface area (Å²) in [5.74, 6) is 1.20. The monoisotopic (exact) mass is 394 g/mol. The lowest BCUT2D eigenvalue weighted by atomic mass is 9.96. The van der Waals surface area contributed by atoms with Crippen LogP contribution in [-0.4, -0.2) is 48.7 Å². The highest BCUT2D eigenvalue weighted by Gasteiger charge is 2.26. The van der Waals surface area contributed by atoms with E-state index in [2.05, 4.69) is 30.3 Å². The highest BCUT2D eigenvalue weighted by molar-refractivity contribution is 5.92. The maximum absolute atomic E-state index is 12.5. The van der Waals surface area contributed by atoms with E-state index < -0.39 is 4.92 Å². The Hall–Kier alpha value is -3.89. The van der Waals surface area contributed by atoms with Crippen LogP contribution in [0, 0.1) is 16.0 Å². The molecule has 1 N–H and O–H groups in total. The standard InChI is InChI=1S/C18H18N8O3/c27-18(23-14-1-3-15(4-2-14)26(28)29)13-5-7-24(8-6-13)16-9-17(21-11-20-16)25-12-19-10-22-25/h1-4,9-13H,5-8H2,(H,23,27). The van der Waals surface area contributed by atoms with Crippen LogP contribution in [0.2, 0.25) is 0 Å². The molecular formula is C18H18N8O3. The number of nitro benzene ring substituents is 1. The molecule has 1 aliphatic heterocycles. The molecule has 0 aliphatic carbocycles. The van der Waals surface area contributed by atoms with Crippen molar-refractivity contribution >= 4 is 23.1 Å². The zero-order valence-corrected chi connectivity index (χ0v) is 15.4. The molecule has 29 heavy (non-hydrogen) atoms. The molecule has 3 heterocycles. The minimum absolute atomic E-state index is 0.00794. The van der Waals surface area contributed by atoms with E-state index in [1.165, 1.54) is 36.9 Å². The normalized spacial score (nSPS) is 14.6. The average molecular weight is 394 g/mol. The zero-order valence-electron chi connectivity index (χ0n) is 15.4. The van der Waals surface area contributed by atoms with Crippen molar-refractivity contribution < 1.29 is 9.72 Å². The molecular weight excluding hydrogens is 376 g/mol. The molecule has 148 valence electrons. The number of piperidine rings is 1. The molecule has 0 saturated carbocycles. The zero-order chi connectivity index (χ0) is 20.2. The largest absolute Gasteiger partial charge is 0.356 e. The second-order valence-corrected chi connectivity index (χ2v) is 6.63. The van der Waals surface area contributed by atoms with Crippen molar-refractivity contribution in [2.45, 2.75) is 12.8 Å². The Morgan fingerprint density at radius 2 is 1.83 bits per heavy atom. The Labute approximate surface area is 165 Å². The molecule has 1 aliphatic rings. The summed E-state index contributed by atoms with van der Waals surface area (Å²) in [6, 6.07) is 7.67. The van der Waals surface area contributed by atoms with E-state index >= 15 is 0 Å². The topological polar surface area (TPSA) is 132 Å². The van der Waals surface area contributed by atoms with Crippen molar-refractivity contribution in [3.05, 3.63) is 59.4 Å². The Morgan fingerprint density at radius 1 is 1.10 bits per heavy atom. The van der Waals surface area contributed by atoms with E-state index in [0.717, 1.165) is 5.82 Å². The van der Waals surface area contributed by atoms with Crippen LogP contribution in [0.25, 0.3) is 5.82 Å². The molecule has 0 unspecified atom stereocenters.